The van der Waals surface area contributed by atoms with Gasteiger partial charge in [0, 0.05) is 25.7 Å². The maximum atomic E-state index is 12.8. The zero-order chi connectivity index (χ0) is 16.9. The van der Waals surface area contributed by atoms with Crippen molar-refractivity contribution in [3.63, 3.8) is 0 Å². The van der Waals surface area contributed by atoms with Crippen LogP contribution in [0.2, 0.25) is 0 Å². The molecule has 23 heavy (non-hydrogen) atoms. The summed E-state index contributed by atoms with van der Waals surface area (Å²) in [5.74, 6) is -0.278. The molecule has 1 aromatic carbocycles. The molecule has 1 saturated heterocycles. The molecule has 2 N–H and O–H groups in total. The quantitative estimate of drug-likeness (QED) is 0.840. The van der Waals surface area contributed by atoms with Crippen LogP contribution in [-0.4, -0.2) is 50.7 Å². The normalized spacial score (nSPS) is 17.0. The van der Waals surface area contributed by atoms with E-state index in [9.17, 15) is 17.6 Å². The van der Waals surface area contributed by atoms with E-state index in [4.69, 9.17) is 0 Å². The first-order valence-corrected chi connectivity index (χ1v) is 9.43. The van der Waals surface area contributed by atoms with E-state index < -0.39 is 10.0 Å². The Labute approximate surface area is 136 Å². The summed E-state index contributed by atoms with van der Waals surface area (Å²) < 4.78 is 37.0. The van der Waals surface area contributed by atoms with Crippen LogP contribution in [0.3, 0.4) is 0 Å². The number of nitrogens with zero attached hydrogens (tertiary/aromatic N) is 1. The van der Waals surface area contributed by atoms with Gasteiger partial charge in [0.25, 0.3) is 0 Å². The average molecular weight is 343 g/mol. The van der Waals surface area contributed by atoms with Crippen molar-refractivity contribution in [2.45, 2.75) is 25.3 Å². The van der Waals surface area contributed by atoms with Crippen molar-refractivity contribution in [2.24, 2.45) is 0 Å². The number of urea groups is 1. The summed E-state index contributed by atoms with van der Waals surface area (Å²) in [7, 11) is -3.15. The number of carbonyl (C=O) groups excluding carboxylic acids is 1. The number of hydrogen-bond donors (Lipinski definition) is 2. The lowest BCUT2D eigenvalue weighted by Gasteiger charge is -2.30. The van der Waals surface area contributed by atoms with Crippen molar-refractivity contribution in [1.82, 2.24) is 14.9 Å². The average Bonchev–Trinajstić information content (AvgIpc) is 2.49. The third-order valence-corrected chi connectivity index (χ3v) is 5.17. The van der Waals surface area contributed by atoms with Gasteiger partial charge >= 0.3 is 6.03 Å². The third-order valence-electron chi connectivity index (χ3n) is 3.87. The fraction of sp³-hybridized carbons (Fsp3) is 0.533. The van der Waals surface area contributed by atoms with Gasteiger partial charge in [0.15, 0.2) is 0 Å². The molecule has 0 aromatic heterocycles. The van der Waals surface area contributed by atoms with Crippen molar-refractivity contribution in [1.29, 1.82) is 0 Å². The number of carbonyl (C=O) groups is 1. The minimum atomic E-state index is -3.15. The topological polar surface area (TPSA) is 78.5 Å². The van der Waals surface area contributed by atoms with E-state index in [1.165, 1.54) is 22.7 Å². The van der Waals surface area contributed by atoms with Gasteiger partial charge in [-0.05, 0) is 37.0 Å². The van der Waals surface area contributed by atoms with E-state index >= 15 is 0 Å². The molecule has 0 bridgehead atoms. The van der Waals surface area contributed by atoms with Crippen LogP contribution in [0, 0.1) is 5.82 Å². The summed E-state index contributed by atoms with van der Waals surface area (Å²) in [6.45, 7) is 1.32. The number of amides is 2. The number of benzene rings is 1. The van der Waals surface area contributed by atoms with Gasteiger partial charge < -0.3 is 10.6 Å². The van der Waals surface area contributed by atoms with E-state index in [1.54, 1.807) is 12.1 Å². The van der Waals surface area contributed by atoms with E-state index in [1.807, 2.05) is 0 Å². The second-order valence-corrected chi connectivity index (χ2v) is 7.70. The van der Waals surface area contributed by atoms with Crippen molar-refractivity contribution in [3.05, 3.63) is 35.6 Å². The second kappa shape index (κ2) is 7.74. The molecule has 1 fully saturated rings. The summed E-state index contributed by atoms with van der Waals surface area (Å²) in [4.78, 5) is 11.8. The van der Waals surface area contributed by atoms with E-state index in [-0.39, 0.29) is 17.9 Å². The zero-order valence-electron chi connectivity index (χ0n) is 13.1. The van der Waals surface area contributed by atoms with Gasteiger partial charge in [0.1, 0.15) is 5.82 Å². The highest BCUT2D eigenvalue weighted by atomic mass is 32.2. The van der Waals surface area contributed by atoms with Crippen molar-refractivity contribution >= 4 is 16.1 Å². The molecule has 6 nitrogen and oxygen atoms in total. The summed E-state index contributed by atoms with van der Waals surface area (Å²) in [5.41, 5.74) is 0.952. The molecule has 1 aromatic rings. The van der Waals surface area contributed by atoms with E-state index in [0.29, 0.717) is 38.9 Å². The first-order valence-electron chi connectivity index (χ1n) is 7.58. The number of sulfonamides is 1. The molecule has 2 amide bonds. The minimum absolute atomic E-state index is 0.0150. The molecule has 0 saturated carbocycles. The standard InChI is InChI=1S/C15H22FN3O3S/c1-23(21,22)19-10-7-14(8-11-19)18-15(20)17-9-6-12-2-4-13(16)5-3-12/h2-5,14H,6-11H2,1H3,(H2,17,18,20). The maximum absolute atomic E-state index is 12.8. The van der Waals surface area contributed by atoms with Crippen LogP contribution in [-0.2, 0) is 16.4 Å². The Balaban J connectivity index is 1.66. The first kappa shape index (κ1) is 17.7. The Kier molecular flexibility index (Phi) is 5.95. The van der Waals surface area contributed by atoms with Gasteiger partial charge in [-0.25, -0.2) is 21.9 Å². The summed E-state index contributed by atoms with van der Waals surface area (Å²) in [6.07, 6.45) is 3.04. The molecular weight excluding hydrogens is 321 g/mol. The van der Waals surface area contributed by atoms with Crippen molar-refractivity contribution in [2.75, 3.05) is 25.9 Å². The molecule has 0 spiro atoms. The SMILES string of the molecule is CS(=O)(=O)N1CCC(NC(=O)NCCc2ccc(F)cc2)CC1. The van der Waals surface area contributed by atoms with Gasteiger partial charge in [0.2, 0.25) is 10.0 Å². The number of nitrogens with one attached hydrogen (secondary N) is 2. The number of hydrogen-bond acceptors (Lipinski definition) is 3. The highest BCUT2D eigenvalue weighted by Gasteiger charge is 2.25. The Morgan fingerprint density at radius 1 is 1.26 bits per heavy atom. The van der Waals surface area contributed by atoms with Gasteiger partial charge in [-0.1, -0.05) is 12.1 Å². The summed E-state index contributed by atoms with van der Waals surface area (Å²) >= 11 is 0. The van der Waals surface area contributed by atoms with Crippen LogP contribution in [0.15, 0.2) is 24.3 Å². The van der Waals surface area contributed by atoms with Gasteiger partial charge in [0.05, 0.1) is 6.26 Å². The molecule has 2 rings (SSSR count). The van der Waals surface area contributed by atoms with Gasteiger partial charge in [-0.2, -0.15) is 0 Å². The summed E-state index contributed by atoms with van der Waals surface area (Å²) in [5, 5.41) is 5.61. The molecule has 1 heterocycles. The van der Waals surface area contributed by atoms with E-state index in [2.05, 4.69) is 10.6 Å². The molecular formula is C15H22FN3O3S. The third kappa shape index (κ3) is 5.80. The van der Waals surface area contributed by atoms with Crippen molar-refractivity contribution < 1.29 is 17.6 Å². The predicted molar refractivity (Wildman–Crippen MR) is 86.1 cm³/mol. The van der Waals surface area contributed by atoms with Crippen LogP contribution in [0.5, 0.6) is 0 Å². The van der Waals surface area contributed by atoms with E-state index in [0.717, 1.165) is 5.56 Å². The van der Waals surface area contributed by atoms with Crippen LogP contribution in [0.1, 0.15) is 18.4 Å². The van der Waals surface area contributed by atoms with Gasteiger partial charge in [-0.3, -0.25) is 0 Å². The largest absolute Gasteiger partial charge is 0.338 e. The fourth-order valence-electron chi connectivity index (χ4n) is 2.54. The summed E-state index contributed by atoms with van der Waals surface area (Å²) in [6, 6.07) is 5.89. The molecule has 1 aliphatic heterocycles. The highest BCUT2D eigenvalue weighted by molar-refractivity contribution is 7.88. The molecule has 0 radical (unpaired) electrons. The molecule has 1 aliphatic rings. The maximum Gasteiger partial charge on any atom is 0.315 e. The smallest absolute Gasteiger partial charge is 0.315 e. The lowest BCUT2D eigenvalue weighted by molar-refractivity contribution is 0.228. The lowest BCUT2D eigenvalue weighted by atomic mass is 10.1. The Morgan fingerprint density at radius 3 is 2.43 bits per heavy atom. The zero-order valence-corrected chi connectivity index (χ0v) is 13.9. The second-order valence-electron chi connectivity index (χ2n) is 5.71. The van der Waals surface area contributed by atoms with Crippen LogP contribution in [0.4, 0.5) is 9.18 Å². The Bertz CT molecular complexity index is 626. The fourth-order valence-corrected chi connectivity index (χ4v) is 3.41. The molecule has 0 unspecified atom stereocenters. The predicted octanol–water partition coefficient (Wildman–Crippen LogP) is 1.09. The number of halogens is 1. The van der Waals surface area contributed by atoms with Gasteiger partial charge in [-0.15, -0.1) is 0 Å². The van der Waals surface area contributed by atoms with Crippen LogP contribution >= 0.6 is 0 Å². The minimum Gasteiger partial charge on any atom is -0.338 e. The first-order chi connectivity index (χ1) is 10.8. The molecule has 0 aliphatic carbocycles. The Morgan fingerprint density at radius 2 is 1.87 bits per heavy atom. The lowest BCUT2D eigenvalue weighted by Crippen LogP contribution is -2.49. The molecule has 0 atom stereocenters. The monoisotopic (exact) mass is 343 g/mol. The molecule has 8 heteroatoms. The Hall–Kier alpha value is -1.67. The highest BCUT2D eigenvalue weighted by Crippen LogP contribution is 2.13. The molecule has 128 valence electrons. The van der Waals surface area contributed by atoms with Crippen molar-refractivity contribution in [3.8, 4) is 0 Å². The number of piperidine rings is 1. The van der Waals surface area contributed by atoms with Crippen LogP contribution in [0.25, 0.3) is 0 Å². The number of rotatable bonds is 5. The van der Waals surface area contributed by atoms with Crippen LogP contribution < -0.4 is 10.6 Å².